The van der Waals surface area contributed by atoms with Gasteiger partial charge in [0, 0.05) is 10.5 Å². The number of anilines is 1. The van der Waals surface area contributed by atoms with Gasteiger partial charge in [0.05, 0.1) is 12.3 Å². The maximum atomic E-state index is 5.64. The fraction of sp³-hybridized carbons (Fsp3) is 0.294. The highest BCUT2D eigenvalue weighted by atomic mass is 79.9. The summed E-state index contributed by atoms with van der Waals surface area (Å²) in [5, 5.41) is 3.52. The zero-order chi connectivity index (χ0) is 14.4. The average Bonchev–Trinajstić information content (AvgIpc) is 2.44. The second-order valence-electron chi connectivity index (χ2n) is 4.81. The number of para-hydroxylation sites is 2. The summed E-state index contributed by atoms with van der Waals surface area (Å²) in [7, 11) is 0. The van der Waals surface area contributed by atoms with Gasteiger partial charge in [-0.25, -0.2) is 0 Å². The van der Waals surface area contributed by atoms with Crippen LogP contribution in [0.25, 0.3) is 0 Å². The Morgan fingerprint density at radius 2 is 1.80 bits per heavy atom. The Hall–Kier alpha value is -1.48. The number of ether oxygens (including phenoxy) is 1. The Bertz CT molecular complexity index is 539. The number of rotatable bonds is 6. The predicted molar refractivity (Wildman–Crippen MR) is 88.5 cm³/mol. The molecule has 0 amide bonds. The van der Waals surface area contributed by atoms with Crippen LogP contribution in [0, 0.1) is 0 Å². The van der Waals surface area contributed by atoms with Gasteiger partial charge >= 0.3 is 0 Å². The summed E-state index contributed by atoms with van der Waals surface area (Å²) in [5.74, 6) is 0.914. The molecule has 0 aliphatic carbocycles. The van der Waals surface area contributed by atoms with E-state index in [9.17, 15) is 0 Å². The number of hydrogen-bond donors (Lipinski definition) is 1. The highest BCUT2D eigenvalue weighted by Gasteiger charge is 2.07. The van der Waals surface area contributed by atoms with Crippen LogP contribution in [0.2, 0.25) is 0 Å². The first-order chi connectivity index (χ1) is 9.69. The predicted octanol–water partition coefficient (Wildman–Crippen LogP) is 4.89. The number of halogens is 1. The second kappa shape index (κ2) is 7.34. The smallest absolute Gasteiger partial charge is 0.142 e. The number of hydrogen-bond acceptors (Lipinski definition) is 2. The van der Waals surface area contributed by atoms with Gasteiger partial charge in [0.1, 0.15) is 5.75 Å². The lowest BCUT2D eigenvalue weighted by Crippen LogP contribution is -2.18. The number of nitrogens with one attached hydrogen (secondary N) is 1. The van der Waals surface area contributed by atoms with Crippen molar-refractivity contribution >= 4 is 21.6 Å². The molecule has 0 spiro atoms. The third kappa shape index (κ3) is 4.27. The van der Waals surface area contributed by atoms with E-state index >= 15 is 0 Å². The van der Waals surface area contributed by atoms with E-state index in [-0.39, 0.29) is 0 Å². The van der Waals surface area contributed by atoms with E-state index in [1.54, 1.807) is 0 Å². The minimum absolute atomic E-state index is 0.345. The first-order valence-corrected chi connectivity index (χ1v) is 7.71. The quantitative estimate of drug-likeness (QED) is 0.812. The molecule has 0 saturated carbocycles. The molecule has 0 aliphatic rings. The molecule has 1 N–H and O–H groups in total. The average molecular weight is 334 g/mol. The molecule has 20 heavy (non-hydrogen) atoms. The Kier molecular flexibility index (Phi) is 5.48. The van der Waals surface area contributed by atoms with Gasteiger partial charge in [-0.2, -0.15) is 0 Å². The summed E-state index contributed by atoms with van der Waals surface area (Å²) in [5.41, 5.74) is 2.38. The largest absolute Gasteiger partial charge is 0.492 e. The summed E-state index contributed by atoms with van der Waals surface area (Å²) in [6, 6.07) is 16.9. The van der Waals surface area contributed by atoms with E-state index in [0.29, 0.717) is 12.6 Å². The first kappa shape index (κ1) is 14.9. The molecule has 2 rings (SSSR count). The fourth-order valence-electron chi connectivity index (χ4n) is 2.16. The van der Waals surface area contributed by atoms with Crippen LogP contribution in [0.4, 0.5) is 5.69 Å². The molecule has 1 atom stereocenters. The summed E-state index contributed by atoms with van der Waals surface area (Å²) >= 11 is 3.46. The van der Waals surface area contributed by atoms with E-state index in [1.165, 1.54) is 5.56 Å². The monoisotopic (exact) mass is 333 g/mol. The van der Waals surface area contributed by atoms with E-state index in [1.807, 2.05) is 25.1 Å². The van der Waals surface area contributed by atoms with Crippen molar-refractivity contribution < 1.29 is 4.74 Å². The van der Waals surface area contributed by atoms with Crippen LogP contribution in [-0.4, -0.2) is 12.6 Å². The lowest BCUT2D eigenvalue weighted by atomic mass is 10.1. The van der Waals surface area contributed by atoms with Crippen LogP contribution in [0.5, 0.6) is 5.75 Å². The van der Waals surface area contributed by atoms with Crippen molar-refractivity contribution in [1.29, 1.82) is 0 Å². The van der Waals surface area contributed by atoms with Gasteiger partial charge in [-0.05, 0) is 50.1 Å². The van der Waals surface area contributed by atoms with Gasteiger partial charge in [0.25, 0.3) is 0 Å². The second-order valence-corrected chi connectivity index (χ2v) is 5.72. The molecule has 0 aliphatic heterocycles. The zero-order valence-electron chi connectivity index (χ0n) is 11.9. The molecule has 106 valence electrons. The lowest BCUT2D eigenvalue weighted by Gasteiger charge is -2.18. The highest BCUT2D eigenvalue weighted by molar-refractivity contribution is 9.10. The molecular formula is C17H20BrNO. The van der Waals surface area contributed by atoms with Crippen molar-refractivity contribution in [3.63, 3.8) is 0 Å². The van der Waals surface area contributed by atoms with Crippen molar-refractivity contribution in [2.24, 2.45) is 0 Å². The van der Waals surface area contributed by atoms with Crippen molar-refractivity contribution in [3.8, 4) is 5.75 Å². The normalized spacial score (nSPS) is 11.9. The standard InChI is InChI=1S/C17H20BrNO/c1-3-20-17-7-5-4-6-16(17)19-13(2)12-14-8-10-15(18)11-9-14/h4-11,13,19H,3,12H2,1-2H3. The summed E-state index contributed by atoms with van der Waals surface area (Å²) in [4.78, 5) is 0. The third-order valence-corrected chi connectivity index (χ3v) is 3.57. The molecule has 0 fully saturated rings. The van der Waals surface area contributed by atoms with E-state index in [0.717, 1.165) is 22.3 Å². The van der Waals surface area contributed by atoms with Gasteiger partial charge in [0.15, 0.2) is 0 Å². The molecule has 0 heterocycles. The first-order valence-electron chi connectivity index (χ1n) is 6.92. The Labute approximate surface area is 129 Å². The van der Waals surface area contributed by atoms with Crippen molar-refractivity contribution in [2.45, 2.75) is 26.3 Å². The third-order valence-electron chi connectivity index (χ3n) is 3.04. The zero-order valence-corrected chi connectivity index (χ0v) is 13.5. The van der Waals surface area contributed by atoms with E-state index < -0.39 is 0 Å². The molecule has 2 aromatic carbocycles. The lowest BCUT2D eigenvalue weighted by molar-refractivity contribution is 0.341. The molecule has 1 unspecified atom stereocenters. The molecule has 3 heteroatoms. The van der Waals surface area contributed by atoms with E-state index in [4.69, 9.17) is 4.74 Å². The van der Waals surface area contributed by atoms with Gasteiger partial charge < -0.3 is 10.1 Å². The van der Waals surface area contributed by atoms with Crippen LogP contribution in [0.15, 0.2) is 53.0 Å². The Balaban J connectivity index is 2.00. The van der Waals surface area contributed by atoms with Crippen LogP contribution in [0.1, 0.15) is 19.4 Å². The van der Waals surface area contributed by atoms with Gasteiger partial charge in [-0.15, -0.1) is 0 Å². The topological polar surface area (TPSA) is 21.3 Å². The molecule has 2 aromatic rings. The van der Waals surface area contributed by atoms with Crippen molar-refractivity contribution in [1.82, 2.24) is 0 Å². The van der Waals surface area contributed by atoms with Crippen molar-refractivity contribution in [2.75, 3.05) is 11.9 Å². The van der Waals surface area contributed by atoms with E-state index in [2.05, 4.69) is 58.5 Å². The fourth-order valence-corrected chi connectivity index (χ4v) is 2.42. The molecule has 2 nitrogen and oxygen atoms in total. The molecule has 0 bridgehead atoms. The maximum Gasteiger partial charge on any atom is 0.142 e. The molecule has 0 radical (unpaired) electrons. The summed E-state index contributed by atoms with van der Waals surface area (Å²) < 4.78 is 6.75. The summed E-state index contributed by atoms with van der Waals surface area (Å²) in [6.07, 6.45) is 0.980. The van der Waals surface area contributed by atoms with Crippen LogP contribution < -0.4 is 10.1 Å². The maximum absolute atomic E-state index is 5.64. The van der Waals surface area contributed by atoms with Gasteiger partial charge in [-0.3, -0.25) is 0 Å². The van der Waals surface area contributed by atoms with Gasteiger partial charge in [-0.1, -0.05) is 40.2 Å². The van der Waals surface area contributed by atoms with Crippen LogP contribution >= 0.6 is 15.9 Å². The number of benzene rings is 2. The van der Waals surface area contributed by atoms with Crippen LogP contribution in [-0.2, 0) is 6.42 Å². The Morgan fingerprint density at radius 3 is 2.50 bits per heavy atom. The summed E-state index contributed by atoms with van der Waals surface area (Å²) in [6.45, 7) is 4.87. The van der Waals surface area contributed by atoms with Crippen LogP contribution in [0.3, 0.4) is 0 Å². The SMILES string of the molecule is CCOc1ccccc1NC(C)Cc1ccc(Br)cc1. The molecule has 0 saturated heterocycles. The van der Waals surface area contributed by atoms with Crippen molar-refractivity contribution in [3.05, 3.63) is 58.6 Å². The Morgan fingerprint density at radius 1 is 1.10 bits per heavy atom. The minimum atomic E-state index is 0.345. The minimum Gasteiger partial charge on any atom is -0.492 e. The highest BCUT2D eigenvalue weighted by Crippen LogP contribution is 2.25. The molecular weight excluding hydrogens is 314 g/mol. The molecule has 0 aromatic heterocycles. The van der Waals surface area contributed by atoms with Gasteiger partial charge in [0.2, 0.25) is 0 Å².